The number of ether oxygens (including phenoxy) is 1. The smallest absolute Gasteiger partial charge is 0.253 e. The van der Waals surface area contributed by atoms with Crippen molar-refractivity contribution in [1.29, 1.82) is 0 Å². The Morgan fingerprint density at radius 3 is 2.70 bits per heavy atom. The molecule has 0 spiro atoms. The highest BCUT2D eigenvalue weighted by Gasteiger charge is 2.33. The van der Waals surface area contributed by atoms with E-state index in [0.29, 0.717) is 25.7 Å². The van der Waals surface area contributed by atoms with E-state index in [9.17, 15) is 4.79 Å². The van der Waals surface area contributed by atoms with Gasteiger partial charge in [-0.1, -0.05) is 42.6 Å². The standard InChI is InChI=1S/C17H23ClN2O2.ClH/c18-15-8-4-1-5-13(15)12-20(14-6-2-3-7-14)17(21)16-11-19-9-10-22-16;/h1,4-5,8,14,16,19H,2-3,6-7,9-12H2;1H. The maximum absolute atomic E-state index is 12.9. The van der Waals surface area contributed by atoms with Crippen molar-refractivity contribution in [2.24, 2.45) is 0 Å². The number of nitrogens with one attached hydrogen (secondary N) is 1. The number of rotatable bonds is 4. The van der Waals surface area contributed by atoms with E-state index in [1.165, 1.54) is 12.8 Å². The number of hydrogen-bond acceptors (Lipinski definition) is 3. The fraction of sp³-hybridized carbons (Fsp3) is 0.588. The SMILES string of the molecule is Cl.O=C(C1CNCCO1)N(Cc1ccccc1Cl)C1CCCC1. The molecule has 2 aliphatic rings. The Morgan fingerprint density at radius 2 is 2.04 bits per heavy atom. The average Bonchev–Trinajstić information content (AvgIpc) is 3.08. The van der Waals surface area contributed by atoms with Crippen LogP contribution in [0.4, 0.5) is 0 Å². The molecule has 0 bridgehead atoms. The molecule has 0 aromatic heterocycles. The lowest BCUT2D eigenvalue weighted by Crippen LogP contribution is -2.51. The number of amides is 1. The fourth-order valence-corrected chi connectivity index (χ4v) is 3.52. The molecular weight excluding hydrogens is 335 g/mol. The van der Waals surface area contributed by atoms with Gasteiger partial charge >= 0.3 is 0 Å². The largest absolute Gasteiger partial charge is 0.366 e. The van der Waals surface area contributed by atoms with Gasteiger partial charge in [0.2, 0.25) is 0 Å². The minimum atomic E-state index is -0.364. The van der Waals surface area contributed by atoms with Crippen LogP contribution >= 0.6 is 24.0 Å². The molecule has 1 aliphatic heterocycles. The minimum Gasteiger partial charge on any atom is -0.366 e. The minimum absolute atomic E-state index is 0. The number of carbonyl (C=O) groups is 1. The third-order valence-electron chi connectivity index (χ3n) is 4.55. The molecule has 4 nitrogen and oxygen atoms in total. The topological polar surface area (TPSA) is 41.6 Å². The summed E-state index contributed by atoms with van der Waals surface area (Å²) in [6.07, 6.45) is 4.19. The average molecular weight is 359 g/mol. The van der Waals surface area contributed by atoms with Gasteiger partial charge in [-0.3, -0.25) is 4.79 Å². The van der Waals surface area contributed by atoms with Crippen LogP contribution in [0.15, 0.2) is 24.3 Å². The molecule has 6 heteroatoms. The summed E-state index contributed by atoms with van der Waals surface area (Å²) in [5.74, 6) is 0.0963. The van der Waals surface area contributed by atoms with Crippen LogP contribution in [0, 0.1) is 0 Å². The van der Waals surface area contributed by atoms with Gasteiger partial charge in [0.1, 0.15) is 6.10 Å². The van der Waals surface area contributed by atoms with Gasteiger partial charge in [0, 0.05) is 30.7 Å². The molecule has 23 heavy (non-hydrogen) atoms. The van der Waals surface area contributed by atoms with E-state index in [1.54, 1.807) is 0 Å². The highest BCUT2D eigenvalue weighted by Crippen LogP contribution is 2.27. The van der Waals surface area contributed by atoms with Crippen molar-refractivity contribution in [1.82, 2.24) is 10.2 Å². The van der Waals surface area contributed by atoms with Crippen molar-refractivity contribution >= 4 is 29.9 Å². The Hall–Kier alpha value is -0.810. The van der Waals surface area contributed by atoms with Crippen molar-refractivity contribution < 1.29 is 9.53 Å². The van der Waals surface area contributed by atoms with Gasteiger partial charge in [0.15, 0.2) is 0 Å². The predicted octanol–water partition coefficient (Wildman–Crippen LogP) is 3.02. The molecule has 1 heterocycles. The van der Waals surface area contributed by atoms with Crippen LogP contribution in [0.25, 0.3) is 0 Å². The van der Waals surface area contributed by atoms with Gasteiger partial charge in [-0.2, -0.15) is 0 Å². The molecule has 3 rings (SSSR count). The second kappa shape index (κ2) is 8.88. The number of benzene rings is 1. The molecule has 1 atom stereocenters. The first-order chi connectivity index (χ1) is 10.8. The van der Waals surface area contributed by atoms with Crippen molar-refractivity contribution in [3.63, 3.8) is 0 Å². The molecule has 1 amide bonds. The van der Waals surface area contributed by atoms with Gasteiger partial charge in [0.25, 0.3) is 5.91 Å². The second-order valence-electron chi connectivity index (χ2n) is 6.06. The third kappa shape index (κ3) is 4.60. The highest BCUT2D eigenvalue weighted by atomic mass is 35.5. The zero-order chi connectivity index (χ0) is 15.4. The summed E-state index contributed by atoms with van der Waals surface area (Å²) in [6.45, 7) is 2.59. The summed E-state index contributed by atoms with van der Waals surface area (Å²) in [4.78, 5) is 14.9. The number of nitrogens with zero attached hydrogens (tertiary/aromatic N) is 1. The number of halogens is 2. The molecule has 128 valence electrons. The van der Waals surface area contributed by atoms with Crippen molar-refractivity contribution in [3.05, 3.63) is 34.9 Å². The third-order valence-corrected chi connectivity index (χ3v) is 4.92. The van der Waals surface area contributed by atoms with Crippen LogP contribution in [0.1, 0.15) is 31.2 Å². The summed E-state index contributed by atoms with van der Waals surface area (Å²) < 4.78 is 5.66. The van der Waals surface area contributed by atoms with Gasteiger partial charge in [-0.25, -0.2) is 0 Å². The summed E-state index contributed by atoms with van der Waals surface area (Å²) >= 11 is 6.28. The van der Waals surface area contributed by atoms with Crippen LogP contribution in [0.2, 0.25) is 5.02 Å². The van der Waals surface area contributed by atoms with Crippen molar-refractivity contribution in [2.45, 2.75) is 44.4 Å². The summed E-state index contributed by atoms with van der Waals surface area (Å²) in [7, 11) is 0. The van der Waals surface area contributed by atoms with Crippen molar-refractivity contribution in [2.75, 3.05) is 19.7 Å². The number of morpholine rings is 1. The molecular formula is C17H24Cl2N2O2. The van der Waals surface area contributed by atoms with E-state index < -0.39 is 0 Å². The molecule has 0 radical (unpaired) electrons. The highest BCUT2D eigenvalue weighted by molar-refractivity contribution is 6.31. The lowest BCUT2D eigenvalue weighted by molar-refractivity contribution is -0.148. The lowest BCUT2D eigenvalue weighted by atomic mass is 10.1. The molecule has 1 aromatic carbocycles. The van der Waals surface area contributed by atoms with Crippen LogP contribution < -0.4 is 5.32 Å². The summed E-state index contributed by atoms with van der Waals surface area (Å²) in [5, 5.41) is 3.96. The zero-order valence-corrected chi connectivity index (χ0v) is 14.7. The number of carbonyl (C=O) groups excluding carboxylic acids is 1. The van der Waals surface area contributed by atoms with Crippen LogP contribution in [-0.4, -0.2) is 42.6 Å². The molecule has 1 aromatic rings. The molecule has 1 unspecified atom stereocenters. The Bertz CT molecular complexity index is 515. The summed E-state index contributed by atoms with van der Waals surface area (Å²) in [5.41, 5.74) is 1.01. The predicted molar refractivity (Wildman–Crippen MR) is 94.1 cm³/mol. The quantitative estimate of drug-likeness (QED) is 0.899. The van der Waals surface area contributed by atoms with E-state index in [0.717, 1.165) is 30.0 Å². The lowest BCUT2D eigenvalue weighted by Gasteiger charge is -2.34. The Morgan fingerprint density at radius 1 is 1.30 bits per heavy atom. The van der Waals surface area contributed by atoms with E-state index in [1.807, 2.05) is 29.2 Å². The van der Waals surface area contributed by atoms with Crippen LogP contribution in [-0.2, 0) is 16.1 Å². The Kier molecular flexibility index (Phi) is 7.15. The van der Waals surface area contributed by atoms with Crippen LogP contribution in [0.3, 0.4) is 0 Å². The van der Waals surface area contributed by atoms with Crippen molar-refractivity contribution in [3.8, 4) is 0 Å². The first-order valence-corrected chi connectivity index (χ1v) is 8.49. The fourth-order valence-electron chi connectivity index (χ4n) is 3.32. The normalized spacial score (nSPS) is 21.7. The Balaban J connectivity index is 0.00000192. The van der Waals surface area contributed by atoms with E-state index in [2.05, 4.69) is 5.32 Å². The zero-order valence-electron chi connectivity index (χ0n) is 13.2. The van der Waals surface area contributed by atoms with E-state index in [4.69, 9.17) is 16.3 Å². The van der Waals surface area contributed by atoms with E-state index in [-0.39, 0.29) is 24.4 Å². The molecule has 1 saturated carbocycles. The van der Waals surface area contributed by atoms with Gasteiger partial charge in [-0.05, 0) is 24.5 Å². The molecule has 1 saturated heterocycles. The van der Waals surface area contributed by atoms with Gasteiger partial charge in [-0.15, -0.1) is 12.4 Å². The van der Waals surface area contributed by atoms with Gasteiger partial charge < -0.3 is 15.0 Å². The molecule has 1 aliphatic carbocycles. The maximum Gasteiger partial charge on any atom is 0.253 e. The van der Waals surface area contributed by atoms with Crippen LogP contribution in [0.5, 0.6) is 0 Å². The van der Waals surface area contributed by atoms with Gasteiger partial charge in [0.05, 0.1) is 6.61 Å². The molecule has 2 fully saturated rings. The maximum atomic E-state index is 12.9. The molecule has 1 N–H and O–H groups in total. The number of hydrogen-bond donors (Lipinski definition) is 1. The second-order valence-corrected chi connectivity index (χ2v) is 6.47. The Labute approximate surface area is 148 Å². The van der Waals surface area contributed by atoms with E-state index >= 15 is 0 Å². The monoisotopic (exact) mass is 358 g/mol. The summed E-state index contributed by atoms with van der Waals surface area (Å²) in [6, 6.07) is 8.08. The first kappa shape index (κ1) is 18.5. The first-order valence-electron chi connectivity index (χ1n) is 8.12.